The van der Waals surface area contributed by atoms with Crippen molar-refractivity contribution in [2.75, 3.05) is 13.2 Å². The van der Waals surface area contributed by atoms with E-state index in [1.165, 1.54) is 6.21 Å². The Morgan fingerprint density at radius 2 is 2.23 bits per heavy atom. The molecule has 0 bridgehead atoms. The molecule has 0 fully saturated rings. The molecule has 0 saturated carbocycles. The van der Waals surface area contributed by atoms with Crippen molar-refractivity contribution < 1.29 is 14.7 Å². The van der Waals surface area contributed by atoms with Gasteiger partial charge in [0.2, 0.25) is 0 Å². The lowest BCUT2D eigenvalue weighted by atomic mass is 10.6. The molecule has 0 radical (unpaired) electrons. The fourth-order valence-electron chi connectivity index (χ4n) is 0.628. The van der Waals surface area contributed by atoms with Gasteiger partial charge in [-0.05, 0) is 13.8 Å². The number of hydrazine groups is 1. The molecule has 3 amide bonds. The van der Waals surface area contributed by atoms with Crippen LogP contribution in [0.1, 0.15) is 13.8 Å². The number of aliphatic hydroxyl groups is 1. The molecule has 0 atom stereocenters. The van der Waals surface area contributed by atoms with E-state index in [0.717, 1.165) is 5.01 Å². The molecule has 0 aromatic rings. The van der Waals surface area contributed by atoms with Gasteiger partial charge in [0, 0.05) is 12.8 Å². The first-order valence-electron chi connectivity index (χ1n) is 3.86. The first-order chi connectivity index (χ1) is 6.15. The van der Waals surface area contributed by atoms with E-state index >= 15 is 0 Å². The molecule has 0 aliphatic carbocycles. The number of aliphatic hydroxyl groups excluding tert-OH is 1. The summed E-state index contributed by atoms with van der Waals surface area (Å²) < 4.78 is 0. The zero-order valence-electron chi connectivity index (χ0n) is 7.65. The van der Waals surface area contributed by atoms with Crippen molar-refractivity contribution in [2.45, 2.75) is 13.8 Å². The summed E-state index contributed by atoms with van der Waals surface area (Å²) in [6.07, 6.45) is 1.33. The van der Waals surface area contributed by atoms with Crippen LogP contribution in [0.25, 0.3) is 0 Å². The van der Waals surface area contributed by atoms with Crippen molar-refractivity contribution in [1.82, 2.24) is 10.4 Å². The molecule has 6 nitrogen and oxygen atoms in total. The highest BCUT2D eigenvalue weighted by molar-refractivity contribution is 5.85. The topological polar surface area (TPSA) is 82.0 Å². The van der Waals surface area contributed by atoms with Gasteiger partial charge in [-0.3, -0.25) is 10.2 Å². The molecule has 74 valence electrons. The number of aliphatic imine (C=N–C) groups is 1. The zero-order valence-corrected chi connectivity index (χ0v) is 7.65. The summed E-state index contributed by atoms with van der Waals surface area (Å²) in [4.78, 5) is 25.2. The summed E-state index contributed by atoms with van der Waals surface area (Å²) in [7, 11) is 0. The molecule has 0 heterocycles. The number of carbonyl (C=O) groups excluding carboxylic acids is 2. The Kier molecular flexibility index (Phi) is 5.45. The summed E-state index contributed by atoms with van der Waals surface area (Å²) in [6.45, 7) is 2.92. The number of urea groups is 1. The van der Waals surface area contributed by atoms with Crippen molar-refractivity contribution in [1.29, 1.82) is 0 Å². The lowest BCUT2D eigenvalue weighted by molar-refractivity contribution is -0.127. The average Bonchev–Trinajstić information content (AvgIpc) is 2.14. The van der Waals surface area contributed by atoms with Gasteiger partial charge < -0.3 is 5.11 Å². The Balaban J connectivity index is 4.17. The van der Waals surface area contributed by atoms with Crippen molar-refractivity contribution in [3.8, 4) is 0 Å². The van der Waals surface area contributed by atoms with Crippen LogP contribution in [-0.2, 0) is 4.79 Å². The van der Waals surface area contributed by atoms with Gasteiger partial charge in [-0.2, -0.15) is 0 Å². The van der Waals surface area contributed by atoms with E-state index in [2.05, 4.69) is 10.4 Å². The fourth-order valence-corrected chi connectivity index (χ4v) is 0.628. The molecule has 0 spiro atoms. The number of amides is 3. The van der Waals surface area contributed by atoms with E-state index < -0.39 is 18.5 Å². The summed E-state index contributed by atoms with van der Waals surface area (Å²) in [5.74, 6) is -0.637. The predicted octanol–water partition coefficient (Wildman–Crippen LogP) is -0.458. The highest BCUT2D eigenvalue weighted by atomic mass is 16.3. The summed E-state index contributed by atoms with van der Waals surface area (Å²) >= 11 is 0. The van der Waals surface area contributed by atoms with Gasteiger partial charge in [0.05, 0.1) is 0 Å². The first-order valence-corrected chi connectivity index (χ1v) is 3.86. The molecule has 13 heavy (non-hydrogen) atoms. The number of hydrogen-bond donors (Lipinski definition) is 2. The molecular weight excluding hydrogens is 174 g/mol. The fraction of sp³-hybridized carbons (Fsp3) is 0.571. The maximum Gasteiger partial charge on any atom is 0.361 e. The van der Waals surface area contributed by atoms with Gasteiger partial charge in [0.25, 0.3) is 5.91 Å². The second-order valence-corrected chi connectivity index (χ2v) is 2.11. The third kappa shape index (κ3) is 4.22. The molecule has 0 saturated heterocycles. The van der Waals surface area contributed by atoms with Gasteiger partial charge in [-0.25, -0.2) is 14.8 Å². The van der Waals surface area contributed by atoms with Crippen LogP contribution in [0.15, 0.2) is 4.99 Å². The molecule has 6 heteroatoms. The molecule has 0 aromatic heterocycles. The smallest absolute Gasteiger partial charge is 0.361 e. The number of nitrogens with one attached hydrogen (secondary N) is 1. The van der Waals surface area contributed by atoms with Gasteiger partial charge in [-0.1, -0.05) is 0 Å². The second-order valence-electron chi connectivity index (χ2n) is 2.11. The normalized spacial score (nSPS) is 10.1. The molecule has 0 aromatic carbocycles. The molecular formula is C7H13N3O3. The van der Waals surface area contributed by atoms with Gasteiger partial charge in [0.1, 0.15) is 6.61 Å². The van der Waals surface area contributed by atoms with Crippen LogP contribution in [-0.4, -0.2) is 41.4 Å². The molecule has 0 aliphatic heterocycles. The Hall–Kier alpha value is -1.43. The van der Waals surface area contributed by atoms with Crippen LogP contribution in [0, 0.1) is 0 Å². The van der Waals surface area contributed by atoms with E-state index in [1.54, 1.807) is 13.8 Å². The van der Waals surface area contributed by atoms with Crippen molar-refractivity contribution in [2.24, 2.45) is 4.99 Å². The van der Waals surface area contributed by atoms with E-state index in [4.69, 9.17) is 5.11 Å². The quantitative estimate of drug-likeness (QED) is 0.453. The highest BCUT2D eigenvalue weighted by Gasteiger charge is 2.11. The minimum Gasteiger partial charge on any atom is -0.386 e. The Morgan fingerprint density at radius 3 is 2.62 bits per heavy atom. The number of hydrogen-bond acceptors (Lipinski definition) is 3. The van der Waals surface area contributed by atoms with Crippen LogP contribution in [0.3, 0.4) is 0 Å². The predicted molar refractivity (Wildman–Crippen MR) is 47.2 cm³/mol. The third-order valence-corrected chi connectivity index (χ3v) is 1.19. The third-order valence-electron chi connectivity index (χ3n) is 1.19. The minimum absolute atomic E-state index is 0.294. The Morgan fingerprint density at radius 1 is 1.62 bits per heavy atom. The Labute approximate surface area is 76.2 Å². The van der Waals surface area contributed by atoms with E-state index in [0.29, 0.717) is 6.54 Å². The van der Waals surface area contributed by atoms with Crippen LogP contribution >= 0.6 is 0 Å². The van der Waals surface area contributed by atoms with E-state index in [-0.39, 0.29) is 0 Å². The van der Waals surface area contributed by atoms with Crippen molar-refractivity contribution in [3.05, 3.63) is 0 Å². The zero-order chi connectivity index (χ0) is 10.3. The molecule has 0 unspecified atom stereocenters. The van der Waals surface area contributed by atoms with Crippen LogP contribution in [0.4, 0.5) is 4.79 Å². The molecule has 0 aliphatic rings. The van der Waals surface area contributed by atoms with Crippen LogP contribution in [0.2, 0.25) is 0 Å². The maximum absolute atomic E-state index is 11.1. The lowest BCUT2D eigenvalue weighted by Gasteiger charge is -2.17. The number of carbonyl (C=O) groups is 2. The van der Waals surface area contributed by atoms with E-state index in [9.17, 15) is 9.59 Å². The summed E-state index contributed by atoms with van der Waals surface area (Å²) in [5.41, 5.74) is 2.18. The summed E-state index contributed by atoms with van der Waals surface area (Å²) in [5, 5.41) is 9.41. The second kappa shape index (κ2) is 6.13. The Bertz CT molecular complexity index is 215. The number of rotatable bonds is 2. The van der Waals surface area contributed by atoms with Crippen LogP contribution < -0.4 is 5.43 Å². The van der Waals surface area contributed by atoms with Gasteiger partial charge in [0.15, 0.2) is 0 Å². The summed E-state index contributed by atoms with van der Waals surface area (Å²) in [6, 6.07) is -0.563. The minimum atomic E-state index is -0.653. The van der Waals surface area contributed by atoms with Gasteiger partial charge >= 0.3 is 6.03 Å². The van der Waals surface area contributed by atoms with Crippen LogP contribution in [0.5, 0.6) is 0 Å². The monoisotopic (exact) mass is 187 g/mol. The highest BCUT2D eigenvalue weighted by Crippen LogP contribution is 1.87. The van der Waals surface area contributed by atoms with Gasteiger partial charge in [-0.15, -0.1) is 0 Å². The SMILES string of the molecule is C/C=N/C(=O)N(CC)NC(=O)CO. The first kappa shape index (κ1) is 11.6. The van der Waals surface area contributed by atoms with E-state index in [1.807, 2.05) is 0 Å². The number of nitrogens with zero attached hydrogens (tertiary/aromatic N) is 2. The molecule has 0 rings (SSSR count). The average molecular weight is 187 g/mol. The standard InChI is InChI=1S/C7H13N3O3/c1-3-8-7(13)10(4-2)9-6(12)5-11/h3,11H,4-5H2,1-2H3,(H,9,12)/b8-3+. The molecule has 2 N–H and O–H groups in total. The maximum atomic E-state index is 11.1. The lowest BCUT2D eigenvalue weighted by Crippen LogP contribution is -2.45. The van der Waals surface area contributed by atoms with Crippen molar-refractivity contribution >= 4 is 18.2 Å². The largest absolute Gasteiger partial charge is 0.386 e. The van der Waals surface area contributed by atoms with Crippen molar-refractivity contribution in [3.63, 3.8) is 0 Å².